The molecule has 1 aromatic heterocycles. The lowest BCUT2D eigenvalue weighted by molar-refractivity contribution is 0.582. The van der Waals surface area contributed by atoms with E-state index >= 15 is 0 Å². The molecule has 0 bridgehead atoms. The van der Waals surface area contributed by atoms with Crippen LogP contribution >= 0.6 is 0 Å². The number of hydrogen-bond acceptors (Lipinski definition) is 1. The summed E-state index contributed by atoms with van der Waals surface area (Å²) in [5, 5.41) is 2.79. The van der Waals surface area contributed by atoms with Gasteiger partial charge >= 0.3 is 0 Å². The molecular weight excluding hydrogens is 222 g/mol. The fraction of sp³-hybridized carbons (Fsp3) is 0.231. The summed E-state index contributed by atoms with van der Waals surface area (Å²) in [5.74, 6) is -1.09. The average molecular weight is 236 g/mol. The number of nitrogens with one attached hydrogen (secondary N) is 1. The first kappa shape index (κ1) is 11.6. The fourth-order valence-corrected chi connectivity index (χ4v) is 1.67. The number of aromatic nitrogens is 1. The molecule has 0 fully saturated rings. The van der Waals surface area contributed by atoms with E-state index in [9.17, 15) is 8.78 Å². The van der Waals surface area contributed by atoms with Crippen LogP contribution in [0, 0.1) is 18.6 Å². The smallest absolute Gasteiger partial charge is 0.152 e. The molecule has 0 atom stereocenters. The van der Waals surface area contributed by atoms with E-state index in [1.54, 1.807) is 6.92 Å². The standard InChI is InChI=1S/C13H14F2N2/c1-9-3-4-11(14)13(12(9)15)16-7-10-5-6-17(2)8-10/h3-6,8,16H,7H2,1-2H3. The van der Waals surface area contributed by atoms with Gasteiger partial charge in [-0.3, -0.25) is 0 Å². The quantitative estimate of drug-likeness (QED) is 0.865. The molecule has 4 heteroatoms. The van der Waals surface area contributed by atoms with Crippen LogP contribution in [0.5, 0.6) is 0 Å². The molecule has 1 heterocycles. The van der Waals surface area contributed by atoms with Crippen molar-refractivity contribution in [2.45, 2.75) is 13.5 Å². The minimum absolute atomic E-state index is 0.0612. The van der Waals surface area contributed by atoms with Crippen molar-refractivity contribution < 1.29 is 8.78 Å². The number of anilines is 1. The van der Waals surface area contributed by atoms with Crippen molar-refractivity contribution in [3.05, 3.63) is 53.4 Å². The van der Waals surface area contributed by atoms with Crippen LogP contribution in [0.25, 0.3) is 0 Å². The maximum absolute atomic E-state index is 13.7. The van der Waals surface area contributed by atoms with Gasteiger partial charge in [-0.25, -0.2) is 8.78 Å². The Morgan fingerprint density at radius 2 is 2.00 bits per heavy atom. The molecule has 2 aromatic rings. The molecule has 17 heavy (non-hydrogen) atoms. The average Bonchev–Trinajstić information content (AvgIpc) is 2.70. The van der Waals surface area contributed by atoms with E-state index in [1.165, 1.54) is 12.1 Å². The highest BCUT2D eigenvalue weighted by molar-refractivity contribution is 5.49. The third-order valence-electron chi connectivity index (χ3n) is 2.65. The first-order valence-corrected chi connectivity index (χ1v) is 5.37. The van der Waals surface area contributed by atoms with Crippen LogP contribution < -0.4 is 5.32 Å². The van der Waals surface area contributed by atoms with E-state index in [0.29, 0.717) is 12.1 Å². The molecule has 0 aliphatic heterocycles. The van der Waals surface area contributed by atoms with E-state index in [4.69, 9.17) is 0 Å². The second-order valence-electron chi connectivity index (χ2n) is 4.09. The summed E-state index contributed by atoms with van der Waals surface area (Å²) in [5.41, 5.74) is 1.35. The number of rotatable bonds is 3. The first-order chi connectivity index (χ1) is 8.08. The van der Waals surface area contributed by atoms with Gasteiger partial charge in [0.15, 0.2) is 5.82 Å². The van der Waals surface area contributed by atoms with Crippen molar-refractivity contribution in [3.63, 3.8) is 0 Å². The van der Waals surface area contributed by atoms with Gasteiger partial charge < -0.3 is 9.88 Å². The Morgan fingerprint density at radius 3 is 2.65 bits per heavy atom. The summed E-state index contributed by atoms with van der Waals surface area (Å²) >= 11 is 0. The van der Waals surface area contributed by atoms with E-state index in [2.05, 4.69) is 5.32 Å². The number of hydrogen-bond donors (Lipinski definition) is 1. The summed E-state index contributed by atoms with van der Waals surface area (Å²) in [4.78, 5) is 0. The molecule has 0 amide bonds. The number of halogens is 2. The molecule has 0 unspecified atom stereocenters. The highest BCUT2D eigenvalue weighted by Gasteiger charge is 2.10. The van der Waals surface area contributed by atoms with Crippen LogP contribution in [0.15, 0.2) is 30.6 Å². The minimum atomic E-state index is -0.566. The third kappa shape index (κ3) is 2.46. The maximum atomic E-state index is 13.7. The van der Waals surface area contributed by atoms with Gasteiger partial charge in [-0.1, -0.05) is 6.07 Å². The Kier molecular flexibility index (Phi) is 3.13. The van der Waals surface area contributed by atoms with Crippen LogP contribution in [0.1, 0.15) is 11.1 Å². The van der Waals surface area contributed by atoms with Crippen LogP contribution in [0.4, 0.5) is 14.5 Å². The monoisotopic (exact) mass is 236 g/mol. The predicted octanol–water partition coefficient (Wildman–Crippen LogP) is 3.22. The molecule has 0 saturated carbocycles. The molecule has 2 nitrogen and oxygen atoms in total. The summed E-state index contributed by atoms with van der Waals surface area (Å²) in [7, 11) is 1.90. The second kappa shape index (κ2) is 4.57. The Labute approximate surface area is 98.9 Å². The summed E-state index contributed by atoms with van der Waals surface area (Å²) in [6.45, 7) is 2.01. The van der Waals surface area contributed by atoms with Crippen molar-refractivity contribution in [1.29, 1.82) is 0 Å². The largest absolute Gasteiger partial charge is 0.376 e. The molecule has 1 N–H and O–H groups in total. The SMILES string of the molecule is Cc1ccc(F)c(NCc2ccn(C)c2)c1F. The molecule has 0 aliphatic rings. The lowest BCUT2D eigenvalue weighted by atomic mass is 10.2. The molecule has 1 aromatic carbocycles. The normalized spacial score (nSPS) is 10.6. The fourth-order valence-electron chi connectivity index (χ4n) is 1.67. The molecule has 90 valence electrons. The first-order valence-electron chi connectivity index (χ1n) is 5.37. The van der Waals surface area contributed by atoms with Crippen LogP contribution in [-0.4, -0.2) is 4.57 Å². The highest BCUT2D eigenvalue weighted by atomic mass is 19.1. The second-order valence-corrected chi connectivity index (χ2v) is 4.09. The van der Waals surface area contributed by atoms with Crippen molar-refractivity contribution in [2.75, 3.05) is 5.32 Å². The highest BCUT2D eigenvalue weighted by Crippen LogP contribution is 2.22. The summed E-state index contributed by atoms with van der Waals surface area (Å²) < 4.78 is 29.0. The maximum Gasteiger partial charge on any atom is 0.152 e. The van der Waals surface area contributed by atoms with E-state index in [1.807, 2.05) is 30.1 Å². The van der Waals surface area contributed by atoms with Gasteiger partial charge in [-0.05, 0) is 30.2 Å². The molecule has 0 aliphatic carbocycles. The van der Waals surface area contributed by atoms with Gasteiger partial charge in [0.2, 0.25) is 0 Å². The van der Waals surface area contributed by atoms with Gasteiger partial charge in [0.05, 0.1) is 0 Å². The summed E-state index contributed by atoms with van der Waals surface area (Å²) in [6.07, 6.45) is 3.79. The molecule has 0 spiro atoms. The molecule has 0 saturated heterocycles. The van der Waals surface area contributed by atoms with E-state index in [0.717, 1.165) is 5.56 Å². The van der Waals surface area contributed by atoms with Gasteiger partial charge in [0.25, 0.3) is 0 Å². The topological polar surface area (TPSA) is 17.0 Å². The lowest BCUT2D eigenvalue weighted by Gasteiger charge is -2.09. The number of nitrogens with zero attached hydrogens (tertiary/aromatic N) is 1. The third-order valence-corrected chi connectivity index (χ3v) is 2.65. The predicted molar refractivity (Wildman–Crippen MR) is 63.8 cm³/mol. The van der Waals surface area contributed by atoms with Gasteiger partial charge in [-0.2, -0.15) is 0 Å². The lowest BCUT2D eigenvalue weighted by Crippen LogP contribution is -2.04. The molecule has 2 rings (SSSR count). The van der Waals surface area contributed by atoms with Crippen LogP contribution in [0.2, 0.25) is 0 Å². The van der Waals surface area contributed by atoms with Crippen LogP contribution in [0.3, 0.4) is 0 Å². The number of benzene rings is 1. The van der Waals surface area contributed by atoms with Crippen molar-refractivity contribution in [2.24, 2.45) is 7.05 Å². The Bertz CT molecular complexity index is 532. The minimum Gasteiger partial charge on any atom is -0.376 e. The number of aryl methyl sites for hydroxylation is 2. The molecule has 0 radical (unpaired) electrons. The Balaban J connectivity index is 2.16. The van der Waals surface area contributed by atoms with Crippen molar-refractivity contribution in [3.8, 4) is 0 Å². The zero-order chi connectivity index (χ0) is 12.4. The van der Waals surface area contributed by atoms with Gasteiger partial charge in [0, 0.05) is 26.0 Å². The van der Waals surface area contributed by atoms with Gasteiger partial charge in [-0.15, -0.1) is 0 Å². The zero-order valence-electron chi connectivity index (χ0n) is 9.80. The Hall–Kier alpha value is -1.84. The van der Waals surface area contributed by atoms with Gasteiger partial charge in [0.1, 0.15) is 11.5 Å². The van der Waals surface area contributed by atoms with E-state index < -0.39 is 11.6 Å². The van der Waals surface area contributed by atoms with Crippen molar-refractivity contribution >= 4 is 5.69 Å². The van der Waals surface area contributed by atoms with Crippen molar-refractivity contribution in [1.82, 2.24) is 4.57 Å². The zero-order valence-corrected chi connectivity index (χ0v) is 9.80. The van der Waals surface area contributed by atoms with E-state index in [-0.39, 0.29) is 5.69 Å². The van der Waals surface area contributed by atoms with Crippen LogP contribution in [-0.2, 0) is 13.6 Å². The Morgan fingerprint density at radius 1 is 1.24 bits per heavy atom. The summed E-state index contributed by atoms with van der Waals surface area (Å²) in [6, 6.07) is 4.60. The molecular formula is C13H14F2N2.